The van der Waals surface area contributed by atoms with E-state index < -0.39 is 24.2 Å². The van der Waals surface area contributed by atoms with E-state index in [9.17, 15) is 4.79 Å². The quantitative estimate of drug-likeness (QED) is 0.298. The van der Waals surface area contributed by atoms with Gasteiger partial charge in [-0.25, -0.2) is 0 Å². The van der Waals surface area contributed by atoms with E-state index in [1.807, 2.05) is 0 Å². The van der Waals surface area contributed by atoms with Crippen molar-refractivity contribution in [3.8, 4) is 0 Å². The predicted molar refractivity (Wildman–Crippen MR) is 31.0 cm³/mol. The third kappa shape index (κ3) is 1.11. The van der Waals surface area contributed by atoms with Gasteiger partial charge in [0.1, 0.15) is 12.2 Å². The first-order chi connectivity index (χ1) is 4.63. The molecule has 1 aliphatic heterocycles. The molecule has 0 saturated carbocycles. The summed E-state index contributed by atoms with van der Waals surface area (Å²) in [7, 11) is 0. The average Bonchev–Trinajstić information content (AvgIpc) is 1.93. The Labute approximate surface area is 57.3 Å². The van der Waals surface area contributed by atoms with Crippen LogP contribution in [0.15, 0.2) is 0 Å². The van der Waals surface area contributed by atoms with Gasteiger partial charge in [0, 0.05) is 6.54 Å². The molecule has 1 saturated heterocycles. The molecular weight excluding hydrogens is 138 g/mol. The van der Waals surface area contributed by atoms with Gasteiger partial charge in [0.2, 0.25) is 0 Å². The summed E-state index contributed by atoms with van der Waals surface area (Å²) in [5, 5.41) is 28.7. The zero-order chi connectivity index (χ0) is 7.72. The Balaban J connectivity index is 2.60. The Morgan fingerprint density at radius 2 is 2.00 bits per heavy atom. The highest BCUT2D eigenvalue weighted by Crippen LogP contribution is 2.04. The van der Waals surface area contributed by atoms with Crippen molar-refractivity contribution in [1.82, 2.24) is 5.32 Å². The van der Waals surface area contributed by atoms with Gasteiger partial charge in [0.25, 0.3) is 5.91 Å². The summed E-state index contributed by atoms with van der Waals surface area (Å²) in [6.45, 7) is -0.00292. The van der Waals surface area contributed by atoms with Gasteiger partial charge in [0.15, 0.2) is 6.10 Å². The number of amides is 1. The molecule has 10 heavy (non-hydrogen) atoms. The van der Waals surface area contributed by atoms with E-state index in [1.54, 1.807) is 0 Å². The third-order valence-corrected chi connectivity index (χ3v) is 1.47. The normalized spacial score (nSPS) is 41.1. The van der Waals surface area contributed by atoms with E-state index in [-0.39, 0.29) is 6.54 Å². The zero-order valence-corrected chi connectivity index (χ0v) is 5.19. The number of hydrogen-bond donors (Lipinski definition) is 4. The molecule has 1 heterocycles. The van der Waals surface area contributed by atoms with Crippen molar-refractivity contribution < 1.29 is 20.1 Å². The molecule has 0 unspecified atom stereocenters. The molecule has 5 nitrogen and oxygen atoms in total. The molecule has 1 amide bonds. The Morgan fingerprint density at radius 1 is 1.40 bits per heavy atom. The second-order valence-electron chi connectivity index (χ2n) is 2.25. The molecule has 1 rings (SSSR count). The van der Waals surface area contributed by atoms with Crippen LogP contribution >= 0.6 is 0 Å². The van der Waals surface area contributed by atoms with Gasteiger partial charge in [-0.05, 0) is 0 Å². The Bertz CT molecular complexity index is 149. The topological polar surface area (TPSA) is 89.8 Å². The largest absolute Gasteiger partial charge is 0.388 e. The van der Waals surface area contributed by atoms with E-state index in [0.29, 0.717) is 0 Å². The fourth-order valence-electron chi connectivity index (χ4n) is 0.796. The van der Waals surface area contributed by atoms with E-state index in [1.165, 1.54) is 0 Å². The van der Waals surface area contributed by atoms with Crippen LogP contribution in [-0.2, 0) is 4.79 Å². The minimum atomic E-state index is -1.50. The minimum absolute atomic E-state index is 0.00292. The maximum Gasteiger partial charge on any atom is 0.251 e. The molecule has 5 heteroatoms. The van der Waals surface area contributed by atoms with Crippen molar-refractivity contribution in [1.29, 1.82) is 0 Å². The number of carbonyl (C=O) groups excluding carboxylic acids is 1. The molecule has 0 spiro atoms. The lowest BCUT2D eigenvalue weighted by atomic mass is 10.0. The molecule has 1 fully saturated rings. The number of hydrogen-bond acceptors (Lipinski definition) is 4. The zero-order valence-electron chi connectivity index (χ0n) is 5.19. The van der Waals surface area contributed by atoms with E-state index >= 15 is 0 Å². The minimum Gasteiger partial charge on any atom is -0.388 e. The second kappa shape index (κ2) is 2.53. The van der Waals surface area contributed by atoms with Gasteiger partial charge in [-0.15, -0.1) is 0 Å². The molecular formula is C5H9NO4. The predicted octanol–water partition coefficient (Wildman–Crippen LogP) is -2.80. The third-order valence-electron chi connectivity index (χ3n) is 1.47. The van der Waals surface area contributed by atoms with Gasteiger partial charge in [-0.2, -0.15) is 0 Å². The lowest BCUT2D eigenvalue weighted by molar-refractivity contribution is -0.148. The highest BCUT2D eigenvalue weighted by atomic mass is 16.4. The molecule has 4 N–H and O–H groups in total. The van der Waals surface area contributed by atoms with Crippen LogP contribution in [0, 0.1) is 0 Å². The first-order valence-electron chi connectivity index (χ1n) is 2.95. The van der Waals surface area contributed by atoms with Crippen molar-refractivity contribution in [2.75, 3.05) is 6.54 Å². The summed E-state index contributed by atoms with van der Waals surface area (Å²) < 4.78 is 0. The number of aliphatic hydroxyl groups excluding tert-OH is 3. The highest BCUT2D eigenvalue weighted by Gasteiger charge is 2.34. The maximum atomic E-state index is 10.5. The van der Waals surface area contributed by atoms with Gasteiger partial charge < -0.3 is 20.6 Å². The molecule has 0 aromatic rings. The molecule has 3 atom stereocenters. The van der Waals surface area contributed by atoms with Crippen molar-refractivity contribution in [3.63, 3.8) is 0 Å². The highest BCUT2D eigenvalue weighted by molar-refractivity contribution is 5.82. The molecule has 1 aliphatic rings. The fraction of sp³-hybridized carbons (Fsp3) is 0.800. The lowest BCUT2D eigenvalue weighted by Crippen LogP contribution is -2.57. The fourth-order valence-corrected chi connectivity index (χ4v) is 0.796. The van der Waals surface area contributed by atoms with Crippen LogP contribution in [0.25, 0.3) is 0 Å². The average molecular weight is 147 g/mol. The SMILES string of the molecule is O=C1NC[C@@H](O)[C@H](O)[C@@H]1O. The Morgan fingerprint density at radius 3 is 2.50 bits per heavy atom. The summed E-state index contributed by atoms with van der Waals surface area (Å²) in [6.07, 6.45) is -3.91. The number of aliphatic hydroxyl groups is 3. The van der Waals surface area contributed by atoms with Crippen LogP contribution in [0.2, 0.25) is 0 Å². The van der Waals surface area contributed by atoms with E-state index in [0.717, 1.165) is 0 Å². The standard InChI is InChI=1S/C5H9NO4/c7-2-1-6-5(10)4(9)3(2)8/h2-4,7-9H,1H2,(H,6,10)/t2-,3+,4+/m1/s1. The van der Waals surface area contributed by atoms with E-state index in [2.05, 4.69) is 5.32 Å². The number of rotatable bonds is 0. The molecule has 0 aromatic carbocycles. The van der Waals surface area contributed by atoms with Crippen LogP contribution in [0.4, 0.5) is 0 Å². The monoisotopic (exact) mass is 147 g/mol. The smallest absolute Gasteiger partial charge is 0.251 e. The number of β-amino-alcohol motifs (C(OH)–C–C–N with tert-alkyl or cyclic N) is 1. The number of carbonyl (C=O) groups is 1. The van der Waals surface area contributed by atoms with Crippen molar-refractivity contribution in [2.45, 2.75) is 18.3 Å². The molecule has 0 aromatic heterocycles. The van der Waals surface area contributed by atoms with Crippen molar-refractivity contribution in [2.24, 2.45) is 0 Å². The summed E-state index contributed by atoms with van der Waals surface area (Å²) >= 11 is 0. The van der Waals surface area contributed by atoms with Crippen LogP contribution < -0.4 is 5.32 Å². The second-order valence-corrected chi connectivity index (χ2v) is 2.25. The van der Waals surface area contributed by atoms with Crippen LogP contribution in [0.1, 0.15) is 0 Å². The molecule has 0 aliphatic carbocycles. The summed E-state index contributed by atoms with van der Waals surface area (Å²) in [4.78, 5) is 10.5. The van der Waals surface area contributed by atoms with Gasteiger partial charge >= 0.3 is 0 Å². The Kier molecular flexibility index (Phi) is 1.89. The van der Waals surface area contributed by atoms with Gasteiger partial charge in [-0.1, -0.05) is 0 Å². The molecule has 58 valence electrons. The first-order valence-corrected chi connectivity index (χ1v) is 2.95. The van der Waals surface area contributed by atoms with Gasteiger partial charge in [-0.3, -0.25) is 4.79 Å². The van der Waals surface area contributed by atoms with Gasteiger partial charge in [0.05, 0.1) is 0 Å². The summed E-state index contributed by atoms with van der Waals surface area (Å²) in [5.74, 6) is -0.641. The van der Waals surface area contributed by atoms with Crippen LogP contribution in [0.5, 0.6) is 0 Å². The van der Waals surface area contributed by atoms with E-state index in [4.69, 9.17) is 15.3 Å². The number of piperidine rings is 1. The lowest BCUT2D eigenvalue weighted by Gasteiger charge is -2.27. The Hall–Kier alpha value is -0.650. The molecule has 0 bridgehead atoms. The summed E-state index contributed by atoms with van der Waals surface area (Å²) in [6, 6.07) is 0. The van der Waals surface area contributed by atoms with Crippen molar-refractivity contribution >= 4 is 5.91 Å². The summed E-state index contributed by atoms with van der Waals surface area (Å²) in [5.41, 5.74) is 0. The molecule has 0 radical (unpaired) electrons. The van der Waals surface area contributed by atoms with Crippen molar-refractivity contribution in [3.05, 3.63) is 0 Å². The van der Waals surface area contributed by atoms with Crippen LogP contribution in [-0.4, -0.2) is 46.1 Å². The maximum absolute atomic E-state index is 10.5. The number of nitrogens with one attached hydrogen (secondary N) is 1. The first kappa shape index (κ1) is 7.46. The van der Waals surface area contributed by atoms with Crippen LogP contribution in [0.3, 0.4) is 0 Å².